The van der Waals surface area contributed by atoms with Crippen molar-refractivity contribution in [3.05, 3.63) is 84.4 Å². The molecule has 0 saturated carbocycles. The quantitative estimate of drug-likeness (QED) is 0.181. The van der Waals surface area contributed by atoms with E-state index < -0.39 is 24.5 Å². The van der Waals surface area contributed by atoms with Crippen LogP contribution in [0.15, 0.2) is 73.1 Å². The minimum absolute atomic E-state index is 0.0212. The number of nitrogens with one attached hydrogen (secondary N) is 1. The van der Waals surface area contributed by atoms with Crippen LogP contribution in [0.4, 0.5) is 24.7 Å². The highest BCUT2D eigenvalue weighted by Gasteiger charge is 2.42. The number of esters is 2. The SMILES string of the molecule is O=C(CCNc1ccc(-c2cnc(N3CCOCC3)c3nc(/C=C/c4ccc5ccccc5n4)cn23)cc1)OC(=O)C(F)(F)F. The molecule has 0 spiro atoms. The van der Waals surface area contributed by atoms with Gasteiger partial charge in [-0.25, -0.2) is 19.7 Å². The van der Waals surface area contributed by atoms with Gasteiger partial charge < -0.3 is 19.7 Å². The van der Waals surface area contributed by atoms with Crippen LogP contribution in [0.5, 0.6) is 0 Å². The lowest BCUT2D eigenvalue weighted by molar-refractivity contribution is -0.201. The van der Waals surface area contributed by atoms with Crippen molar-refractivity contribution in [2.45, 2.75) is 12.6 Å². The van der Waals surface area contributed by atoms with Crippen LogP contribution in [0.25, 0.3) is 40.0 Å². The minimum Gasteiger partial charge on any atom is -0.386 e. The summed E-state index contributed by atoms with van der Waals surface area (Å²) in [6.45, 7) is 2.56. The van der Waals surface area contributed by atoms with Gasteiger partial charge in [0, 0.05) is 42.5 Å². The minimum atomic E-state index is -5.22. The summed E-state index contributed by atoms with van der Waals surface area (Å²) in [6.07, 6.45) is 1.92. The van der Waals surface area contributed by atoms with Crippen LogP contribution in [0, 0.1) is 0 Å². The number of imidazole rings is 1. The lowest BCUT2D eigenvalue weighted by atomic mass is 10.1. The first-order chi connectivity index (χ1) is 21.7. The molecule has 1 fully saturated rings. The van der Waals surface area contributed by atoms with Gasteiger partial charge in [-0.15, -0.1) is 0 Å². The molecule has 10 nitrogen and oxygen atoms in total. The van der Waals surface area contributed by atoms with E-state index in [1.807, 2.05) is 71.3 Å². The van der Waals surface area contributed by atoms with Crippen LogP contribution in [-0.2, 0) is 19.1 Å². The Morgan fingerprint density at radius 3 is 2.49 bits per heavy atom. The first-order valence-electron chi connectivity index (χ1n) is 14.2. The van der Waals surface area contributed by atoms with Crippen LogP contribution in [0.3, 0.4) is 0 Å². The largest absolute Gasteiger partial charge is 0.491 e. The number of halogens is 3. The standard InChI is InChI=1S/C32H27F3N6O4/c33-32(34,35)31(43)45-28(42)13-14-36-23-8-6-22(7-9-23)27-19-37-29(40-15-17-44-18-16-40)30-39-25(20-41(27)30)12-11-24-10-5-21-3-1-2-4-26(21)38-24/h1-12,19-20,36H,13-18H2/b12-11+. The molecular weight excluding hydrogens is 589 g/mol. The van der Waals surface area contributed by atoms with Gasteiger partial charge >= 0.3 is 18.1 Å². The molecule has 4 heterocycles. The number of ether oxygens (including phenoxy) is 2. The van der Waals surface area contributed by atoms with Crippen LogP contribution in [-0.4, -0.2) is 70.3 Å². The maximum Gasteiger partial charge on any atom is 0.491 e. The average Bonchev–Trinajstić information content (AvgIpc) is 3.48. The number of morpholine rings is 1. The summed E-state index contributed by atoms with van der Waals surface area (Å²) in [5, 5.41) is 4.01. The predicted octanol–water partition coefficient (Wildman–Crippen LogP) is 5.39. The van der Waals surface area contributed by atoms with Crippen molar-refractivity contribution in [2.75, 3.05) is 43.1 Å². The molecule has 0 atom stereocenters. The van der Waals surface area contributed by atoms with E-state index in [2.05, 4.69) is 15.0 Å². The number of para-hydroxylation sites is 1. The molecule has 0 bridgehead atoms. The number of pyridine rings is 1. The van der Waals surface area contributed by atoms with Crippen molar-refractivity contribution < 1.29 is 32.2 Å². The van der Waals surface area contributed by atoms with Crippen molar-refractivity contribution in [1.29, 1.82) is 0 Å². The number of hydrogen-bond donors (Lipinski definition) is 1. The number of benzene rings is 2. The summed E-state index contributed by atoms with van der Waals surface area (Å²) in [6, 6.07) is 19.2. The third-order valence-corrected chi connectivity index (χ3v) is 7.13. The van der Waals surface area contributed by atoms with Crippen molar-refractivity contribution in [2.24, 2.45) is 0 Å². The third-order valence-electron chi connectivity index (χ3n) is 7.13. The number of nitrogens with zero attached hydrogens (tertiary/aromatic N) is 5. The van der Waals surface area contributed by atoms with Crippen molar-refractivity contribution in [1.82, 2.24) is 19.4 Å². The molecule has 1 saturated heterocycles. The second-order valence-corrected chi connectivity index (χ2v) is 10.2. The summed E-state index contributed by atoms with van der Waals surface area (Å²) in [5.74, 6) is -3.05. The lowest BCUT2D eigenvalue weighted by Gasteiger charge is -2.28. The first kappa shape index (κ1) is 29.8. The van der Waals surface area contributed by atoms with E-state index in [1.54, 1.807) is 18.3 Å². The number of alkyl halides is 3. The normalized spacial score (nSPS) is 13.9. The van der Waals surface area contributed by atoms with E-state index in [4.69, 9.17) is 19.7 Å². The van der Waals surface area contributed by atoms with E-state index in [1.165, 1.54) is 0 Å². The van der Waals surface area contributed by atoms with Crippen LogP contribution in [0.2, 0.25) is 0 Å². The fourth-order valence-corrected chi connectivity index (χ4v) is 4.90. The fraction of sp³-hybridized carbons (Fsp3) is 0.219. The Labute approximate surface area is 255 Å². The molecule has 1 aliphatic heterocycles. The molecule has 5 aromatic rings. The van der Waals surface area contributed by atoms with Gasteiger partial charge in [0.25, 0.3) is 0 Å². The molecule has 45 heavy (non-hydrogen) atoms. The molecular formula is C32H27F3N6O4. The Hall–Kier alpha value is -5.30. The number of anilines is 2. The second kappa shape index (κ2) is 12.7. The highest BCUT2D eigenvalue weighted by atomic mass is 19.4. The molecule has 230 valence electrons. The Balaban J connectivity index is 1.22. The maximum absolute atomic E-state index is 12.3. The summed E-state index contributed by atoms with van der Waals surface area (Å²) in [7, 11) is 0. The Bertz CT molecular complexity index is 1880. The lowest BCUT2D eigenvalue weighted by Crippen LogP contribution is -2.37. The average molecular weight is 617 g/mol. The Morgan fingerprint density at radius 1 is 0.956 bits per heavy atom. The molecule has 13 heteroatoms. The maximum atomic E-state index is 12.3. The monoisotopic (exact) mass is 616 g/mol. The summed E-state index contributed by atoms with van der Waals surface area (Å²) in [5.41, 5.74) is 5.38. The van der Waals surface area contributed by atoms with Gasteiger partial charge in [0.1, 0.15) is 0 Å². The van der Waals surface area contributed by atoms with Crippen LogP contribution < -0.4 is 10.2 Å². The van der Waals surface area contributed by atoms with Gasteiger partial charge in [0.2, 0.25) is 0 Å². The Morgan fingerprint density at radius 2 is 1.71 bits per heavy atom. The van der Waals surface area contributed by atoms with Gasteiger partial charge in [-0.05, 0) is 36.4 Å². The fourth-order valence-electron chi connectivity index (χ4n) is 4.90. The van der Waals surface area contributed by atoms with Crippen molar-refractivity contribution in [3.8, 4) is 11.3 Å². The number of rotatable bonds is 8. The van der Waals surface area contributed by atoms with Gasteiger partial charge in [0.15, 0.2) is 11.5 Å². The number of hydrogen-bond acceptors (Lipinski definition) is 9. The van der Waals surface area contributed by atoms with Gasteiger partial charge in [-0.2, -0.15) is 13.2 Å². The smallest absolute Gasteiger partial charge is 0.386 e. The van der Waals surface area contributed by atoms with E-state index in [0.29, 0.717) is 37.6 Å². The van der Waals surface area contributed by atoms with Crippen molar-refractivity contribution in [3.63, 3.8) is 0 Å². The zero-order valence-electron chi connectivity index (χ0n) is 23.8. The van der Waals surface area contributed by atoms with Crippen LogP contribution in [0.1, 0.15) is 17.8 Å². The molecule has 0 aliphatic carbocycles. The zero-order valence-corrected chi connectivity index (χ0v) is 23.8. The number of carbonyl (C=O) groups is 2. The summed E-state index contributed by atoms with van der Waals surface area (Å²) < 4.78 is 48.2. The highest BCUT2D eigenvalue weighted by Crippen LogP contribution is 2.28. The summed E-state index contributed by atoms with van der Waals surface area (Å²) in [4.78, 5) is 38.9. The molecule has 1 aliphatic rings. The third kappa shape index (κ3) is 6.93. The van der Waals surface area contributed by atoms with Crippen LogP contribution >= 0.6 is 0 Å². The second-order valence-electron chi connectivity index (χ2n) is 10.2. The molecule has 0 unspecified atom stereocenters. The Kier molecular flexibility index (Phi) is 8.43. The predicted molar refractivity (Wildman–Crippen MR) is 162 cm³/mol. The van der Waals surface area contributed by atoms with Gasteiger partial charge in [-0.1, -0.05) is 36.4 Å². The molecule has 3 aromatic heterocycles. The summed E-state index contributed by atoms with van der Waals surface area (Å²) >= 11 is 0. The van der Waals surface area contributed by atoms with E-state index in [9.17, 15) is 22.8 Å². The van der Waals surface area contributed by atoms with E-state index in [-0.39, 0.29) is 6.54 Å². The van der Waals surface area contributed by atoms with Crippen molar-refractivity contribution >= 4 is 52.1 Å². The molecule has 1 N–H and O–H groups in total. The first-order valence-corrected chi connectivity index (χ1v) is 14.2. The zero-order chi connectivity index (χ0) is 31.4. The van der Waals surface area contributed by atoms with Gasteiger partial charge in [0.05, 0.1) is 48.4 Å². The molecule has 2 aromatic carbocycles. The topological polar surface area (TPSA) is 111 Å². The molecule has 0 amide bonds. The molecule has 6 rings (SSSR count). The van der Waals surface area contributed by atoms with E-state index in [0.717, 1.165) is 39.4 Å². The van der Waals surface area contributed by atoms with Gasteiger partial charge in [-0.3, -0.25) is 9.20 Å². The number of carbonyl (C=O) groups excluding carboxylic acids is 2. The molecule has 0 radical (unpaired) electrons. The van der Waals surface area contributed by atoms with E-state index >= 15 is 0 Å². The number of fused-ring (bicyclic) bond motifs is 2. The number of aromatic nitrogens is 4. The highest BCUT2D eigenvalue weighted by molar-refractivity contribution is 5.88.